The van der Waals surface area contributed by atoms with Gasteiger partial charge in [0.1, 0.15) is 5.58 Å². The van der Waals surface area contributed by atoms with Crippen LogP contribution in [0.2, 0.25) is 0 Å². The molecule has 1 amide bonds. The summed E-state index contributed by atoms with van der Waals surface area (Å²) in [5.41, 5.74) is 1.69. The lowest BCUT2D eigenvalue weighted by molar-refractivity contribution is 0.0759. The molecule has 0 saturated carbocycles. The normalized spacial score (nSPS) is 19.0. The quantitative estimate of drug-likeness (QED) is 0.926. The van der Waals surface area contributed by atoms with E-state index in [0.717, 1.165) is 10.9 Å². The van der Waals surface area contributed by atoms with Gasteiger partial charge in [-0.2, -0.15) is 0 Å². The van der Waals surface area contributed by atoms with Gasteiger partial charge in [0.2, 0.25) is 10.0 Å². The fourth-order valence-electron chi connectivity index (χ4n) is 2.95. The monoisotopic (exact) mass is 322 g/mol. The number of primary sulfonamides is 1. The molecule has 2 aromatic rings. The van der Waals surface area contributed by atoms with E-state index in [-0.39, 0.29) is 17.6 Å². The van der Waals surface area contributed by atoms with E-state index in [9.17, 15) is 13.2 Å². The SMILES string of the molecule is Cc1cccc2cc(C(=O)N3CC[C@@H](CS(N)(=O)=O)C3)oc12. The summed E-state index contributed by atoms with van der Waals surface area (Å²) >= 11 is 0. The van der Waals surface area contributed by atoms with Crippen molar-refractivity contribution in [3.8, 4) is 0 Å². The van der Waals surface area contributed by atoms with E-state index in [1.807, 2.05) is 25.1 Å². The van der Waals surface area contributed by atoms with Crippen molar-refractivity contribution in [1.29, 1.82) is 0 Å². The van der Waals surface area contributed by atoms with Gasteiger partial charge < -0.3 is 9.32 Å². The van der Waals surface area contributed by atoms with Gasteiger partial charge in [0.05, 0.1) is 5.75 Å². The second-order valence-electron chi connectivity index (χ2n) is 5.84. The zero-order chi connectivity index (χ0) is 15.9. The third-order valence-electron chi connectivity index (χ3n) is 3.99. The average Bonchev–Trinajstić information content (AvgIpc) is 3.03. The first kappa shape index (κ1) is 15.1. The molecule has 1 atom stereocenters. The van der Waals surface area contributed by atoms with Crippen molar-refractivity contribution < 1.29 is 17.6 Å². The summed E-state index contributed by atoms with van der Waals surface area (Å²) in [6.07, 6.45) is 0.640. The van der Waals surface area contributed by atoms with Crippen LogP contribution in [0.25, 0.3) is 11.0 Å². The van der Waals surface area contributed by atoms with Crippen molar-refractivity contribution >= 4 is 26.9 Å². The Kier molecular flexibility index (Phi) is 3.70. The van der Waals surface area contributed by atoms with Crippen molar-refractivity contribution in [3.05, 3.63) is 35.6 Å². The number of benzene rings is 1. The summed E-state index contributed by atoms with van der Waals surface area (Å²) in [7, 11) is -3.51. The fraction of sp³-hybridized carbons (Fsp3) is 0.400. The van der Waals surface area contributed by atoms with Gasteiger partial charge in [-0.25, -0.2) is 13.6 Å². The molecule has 22 heavy (non-hydrogen) atoms. The molecule has 1 aromatic carbocycles. The maximum absolute atomic E-state index is 12.5. The van der Waals surface area contributed by atoms with E-state index in [1.54, 1.807) is 11.0 Å². The first-order chi connectivity index (χ1) is 10.3. The number of amides is 1. The Bertz CT molecular complexity index is 825. The Morgan fingerprint density at radius 2 is 2.23 bits per heavy atom. The van der Waals surface area contributed by atoms with Gasteiger partial charge in [-0.05, 0) is 30.9 Å². The molecule has 7 heteroatoms. The van der Waals surface area contributed by atoms with Crippen LogP contribution in [0.15, 0.2) is 28.7 Å². The molecule has 6 nitrogen and oxygen atoms in total. The van der Waals surface area contributed by atoms with E-state index in [4.69, 9.17) is 9.56 Å². The van der Waals surface area contributed by atoms with Gasteiger partial charge in [-0.15, -0.1) is 0 Å². The number of furan rings is 1. The molecule has 0 unspecified atom stereocenters. The second-order valence-corrected chi connectivity index (χ2v) is 7.50. The fourth-order valence-corrected chi connectivity index (χ4v) is 3.88. The highest BCUT2D eigenvalue weighted by Gasteiger charge is 2.30. The first-order valence-corrected chi connectivity index (χ1v) is 8.84. The lowest BCUT2D eigenvalue weighted by Crippen LogP contribution is -2.30. The standard InChI is InChI=1S/C15H18N2O4S/c1-10-3-2-4-12-7-13(21-14(10)12)15(18)17-6-5-11(8-17)9-22(16,19)20/h2-4,7,11H,5-6,8-9H2,1H3,(H2,16,19,20)/t11-/m1/s1. The van der Waals surface area contributed by atoms with E-state index in [2.05, 4.69) is 0 Å². The molecule has 0 spiro atoms. The molecule has 0 radical (unpaired) electrons. The second kappa shape index (κ2) is 5.40. The van der Waals surface area contributed by atoms with Gasteiger partial charge in [0.25, 0.3) is 5.91 Å². The maximum atomic E-state index is 12.5. The van der Waals surface area contributed by atoms with Crippen molar-refractivity contribution in [2.24, 2.45) is 11.1 Å². The van der Waals surface area contributed by atoms with E-state index < -0.39 is 10.0 Å². The smallest absolute Gasteiger partial charge is 0.289 e. The molecular formula is C15H18N2O4S. The van der Waals surface area contributed by atoms with Crippen LogP contribution in [0, 0.1) is 12.8 Å². The zero-order valence-corrected chi connectivity index (χ0v) is 13.1. The summed E-state index contributed by atoms with van der Waals surface area (Å²) in [4.78, 5) is 14.1. The van der Waals surface area contributed by atoms with Crippen molar-refractivity contribution in [3.63, 3.8) is 0 Å². The molecule has 2 N–H and O–H groups in total. The highest BCUT2D eigenvalue weighted by atomic mass is 32.2. The molecule has 2 heterocycles. The molecule has 1 fully saturated rings. The lowest BCUT2D eigenvalue weighted by atomic mass is 10.2. The number of carbonyl (C=O) groups is 1. The minimum absolute atomic E-state index is 0.0873. The van der Waals surface area contributed by atoms with Crippen LogP contribution in [-0.2, 0) is 10.0 Å². The first-order valence-electron chi connectivity index (χ1n) is 7.12. The number of fused-ring (bicyclic) bond motifs is 1. The van der Waals surface area contributed by atoms with Gasteiger partial charge in [0, 0.05) is 18.5 Å². The van der Waals surface area contributed by atoms with Crippen LogP contribution in [-0.4, -0.2) is 38.1 Å². The lowest BCUT2D eigenvalue weighted by Gasteiger charge is -2.14. The molecular weight excluding hydrogens is 304 g/mol. The molecule has 3 rings (SSSR count). The van der Waals surface area contributed by atoms with Gasteiger partial charge in [0.15, 0.2) is 5.76 Å². The van der Waals surface area contributed by atoms with Crippen molar-refractivity contribution in [2.45, 2.75) is 13.3 Å². The zero-order valence-electron chi connectivity index (χ0n) is 12.3. The number of carbonyl (C=O) groups excluding carboxylic acids is 1. The van der Waals surface area contributed by atoms with E-state index in [0.29, 0.717) is 30.9 Å². The average molecular weight is 322 g/mol. The Morgan fingerprint density at radius 1 is 1.45 bits per heavy atom. The van der Waals surface area contributed by atoms with Crippen molar-refractivity contribution in [2.75, 3.05) is 18.8 Å². The minimum Gasteiger partial charge on any atom is -0.451 e. The van der Waals surface area contributed by atoms with E-state index >= 15 is 0 Å². The molecule has 1 aliphatic rings. The third-order valence-corrected chi connectivity index (χ3v) is 4.93. The number of nitrogens with zero attached hydrogens (tertiary/aromatic N) is 1. The predicted octanol–water partition coefficient (Wildman–Crippen LogP) is 1.49. The number of rotatable bonds is 3. The number of sulfonamides is 1. The molecule has 118 valence electrons. The van der Waals surface area contributed by atoms with Crippen LogP contribution in [0.5, 0.6) is 0 Å². The predicted molar refractivity (Wildman–Crippen MR) is 82.9 cm³/mol. The Morgan fingerprint density at radius 3 is 2.91 bits per heavy atom. The Balaban J connectivity index is 1.78. The van der Waals surface area contributed by atoms with Crippen LogP contribution in [0.1, 0.15) is 22.5 Å². The molecule has 0 bridgehead atoms. The van der Waals surface area contributed by atoms with Crippen LogP contribution < -0.4 is 5.14 Å². The molecule has 1 saturated heterocycles. The Labute approximate surface area is 128 Å². The Hall–Kier alpha value is -1.86. The van der Waals surface area contributed by atoms with Crippen LogP contribution >= 0.6 is 0 Å². The summed E-state index contributed by atoms with van der Waals surface area (Å²) in [5, 5.41) is 5.96. The van der Waals surface area contributed by atoms with E-state index in [1.165, 1.54) is 0 Å². The number of nitrogens with two attached hydrogens (primary N) is 1. The van der Waals surface area contributed by atoms with Gasteiger partial charge >= 0.3 is 0 Å². The number of para-hydroxylation sites is 1. The van der Waals surface area contributed by atoms with Crippen LogP contribution in [0.3, 0.4) is 0 Å². The highest BCUT2D eigenvalue weighted by Crippen LogP contribution is 2.25. The van der Waals surface area contributed by atoms with Gasteiger partial charge in [-0.1, -0.05) is 18.2 Å². The third kappa shape index (κ3) is 3.00. The van der Waals surface area contributed by atoms with Crippen LogP contribution in [0.4, 0.5) is 0 Å². The summed E-state index contributed by atoms with van der Waals surface area (Å²) < 4.78 is 28.0. The summed E-state index contributed by atoms with van der Waals surface area (Å²) in [6.45, 7) is 2.85. The van der Waals surface area contributed by atoms with Gasteiger partial charge in [-0.3, -0.25) is 4.79 Å². The summed E-state index contributed by atoms with van der Waals surface area (Å²) in [5.74, 6) is -0.103. The molecule has 1 aliphatic heterocycles. The number of hydrogen-bond acceptors (Lipinski definition) is 4. The maximum Gasteiger partial charge on any atom is 0.289 e. The highest BCUT2D eigenvalue weighted by molar-refractivity contribution is 7.89. The largest absolute Gasteiger partial charge is 0.451 e. The number of hydrogen-bond donors (Lipinski definition) is 1. The summed E-state index contributed by atoms with van der Waals surface area (Å²) in [6, 6.07) is 7.48. The number of likely N-dealkylation sites (tertiary alicyclic amines) is 1. The minimum atomic E-state index is -3.51. The molecule has 0 aliphatic carbocycles. The topological polar surface area (TPSA) is 93.6 Å². The van der Waals surface area contributed by atoms with Crippen molar-refractivity contribution in [1.82, 2.24) is 4.90 Å². The number of aryl methyl sites for hydroxylation is 1. The molecule has 1 aromatic heterocycles.